The summed E-state index contributed by atoms with van der Waals surface area (Å²) in [6.45, 7) is 3.99. The van der Waals surface area contributed by atoms with Gasteiger partial charge in [-0.15, -0.1) is 0 Å². The van der Waals surface area contributed by atoms with Crippen molar-refractivity contribution in [3.05, 3.63) is 59.4 Å². The molecule has 0 unspecified atom stereocenters. The third kappa shape index (κ3) is 4.40. The van der Waals surface area contributed by atoms with E-state index >= 15 is 0 Å². The van der Waals surface area contributed by atoms with Crippen molar-refractivity contribution in [2.75, 3.05) is 13.2 Å². The number of fused-ring (bicyclic) bond motifs is 1. The Morgan fingerprint density at radius 2 is 1.97 bits per heavy atom. The second-order valence-electron chi connectivity index (χ2n) is 7.49. The van der Waals surface area contributed by atoms with Crippen LogP contribution in [0.4, 0.5) is 0 Å². The normalized spacial score (nSPS) is 16.5. The summed E-state index contributed by atoms with van der Waals surface area (Å²) in [4.78, 5) is 18.9. The van der Waals surface area contributed by atoms with Gasteiger partial charge in [0.2, 0.25) is 5.91 Å². The lowest BCUT2D eigenvalue weighted by molar-refractivity contribution is -0.129. The Kier molecular flexibility index (Phi) is 6.05. The number of hydrogen-bond acceptors (Lipinski definition) is 3. The first-order valence-corrected chi connectivity index (χ1v) is 10.6. The molecule has 3 aromatic rings. The zero-order valence-electron chi connectivity index (χ0n) is 16.7. The number of halogens is 1. The molecule has 1 amide bonds. The van der Waals surface area contributed by atoms with Crippen LogP contribution in [0, 0.1) is 0 Å². The fraction of sp³-hybridized carbons (Fsp3) is 0.391. The van der Waals surface area contributed by atoms with Gasteiger partial charge in [0.05, 0.1) is 23.7 Å². The van der Waals surface area contributed by atoms with Gasteiger partial charge >= 0.3 is 0 Å². The average molecular weight is 412 g/mol. The third-order valence-electron chi connectivity index (χ3n) is 5.50. The lowest BCUT2D eigenvalue weighted by atomic mass is 10.2. The van der Waals surface area contributed by atoms with Gasteiger partial charge in [-0.1, -0.05) is 23.7 Å². The second-order valence-corrected chi connectivity index (χ2v) is 7.93. The first kappa shape index (κ1) is 19.8. The van der Waals surface area contributed by atoms with Crippen molar-refractivity contribution in [1.29, 1.82) is 0 Å². The van der Waals surface area contributed by atoms with E-state index in [0.29, 0.717) is 11.6 Å². The number of nitrogens with zero attached hydrogens (tertiary/aromatic N) is 3. The highest BCUT2D eigenvalue weighted by atomic mass is 35.5. The van der Waals surface area contributed by atoms with Crippen molar-refractivity contribution in [1.82, 2.24) is 14.5 Å². The summed E-state index contributed by atoms with van der Waals surface area (Å²) in [5, 5.41) is 0.711. The molecule has 0 saturated carbocycles. The van der Waals surface area contributed by atoms with Gasteiger partial charge in [0.1, 0.15) is 11.6 Å². The van der Waals surface area contributed by atoms with Gasteiger partial charge in [-0.2, -0.15) is 0 Å². The van der Waals surface area contributed by atoms with E-state index in [4.69, 9.17) is 21.3 Å². The summed E-state index contributed by atoms with van der Waals surface area (Å²) in [7, 11) is 0. The molecule has 0 radical (unpaired) electrons. The SMILES string of the molecule is CC(=O)N1CCC[C@@H]1c1nc2ccccc2n1CCCCOc1ccc(Cl)cc1. The number of unbranched alkanes of at least 4 members (excludes halogenated alkanes) is 1. The number of likely N-dealkylation sites (tertiary alicyclic amines) is 1. The third-order valence-corrected chi connectivity index (χ3v) is 5.75. The minimum Gasteiger partial charge on any atom is -0.494 e. The Bertz CT molecular complexity index is 983. The first-order valence-electron chi connectivity index (χ1n) is 10.2. The molecule has 1 atom stereocenters. The molecule has 0 bridgehead atoms. The Morgan fingerprint density at radius 1 is 1.17 bits per heavy atom. The highest BCUT2D eigenvalue weighted by Crippen LogP contribution is 2.33. The molecule has 1 fully saturated rings. The molecule has 1 aromatic heterocycles. The van der Waals surface area contributed by atoms with Crippen molar-refractivity contribution in [3.8, 4) is 5.75 Å². The molecule has 2 aromatic carbocycles. The fourth-order valence-corrected chi connectivity index (χ4v) is 4.21. The number of benzene rings is 2. The van der Waals surface area contributed by atoms with Crippen LogP contribution in [0.15, 0.2) is 48.5 Å². The topological polar surface area (TPSA) is 47.4 Å². The number of carbonyl (C=O) groups is 1. The van der Waals surface area contributed by atoms with E-state index in [1.807, 2.05) is 47.4 Å². The average Bonchev–Trinajstić information content (AvgIpc) is 3.34. The molecule has 6 heteroatoms. The summed E-state index contributed by atoms with van der Waals surface area (Å²) in [5.41, 5.74) is 2.13. The number of amides is 1. The van der Waals surface area contributed by atoms with Crippen LogP contribution in [0.25, 0.3) is 11.0 Å². The highest BCUT2D eigenvalue weighted by molar-refractivity contribution is 6.30. The van der Waals surface area contributed by atoms with Crippen LogP contribution >= 0.6 is 11.6 Å². The minimum absolute atomic E-state index is 0.0743. The lowest BCUT2D eigenvalue weighted by Crippen LogP contribution is -2.30. The van der Waals surface area contributed by atoms with Crippen molar-refractivity contribution in [2.24, 2.45) is 0 Å². The van der Waals surface area contributed by atoms with Crippen LogP contribution < -0.4 is 4.74 Å². The molecular formula is C23H26ClN3O2. The maximum absolute atomic E-state index is 12.1. The van der Waals surface area contributed by atoms with Crippen molar-refractivity contribution in [3.63, 3.8) is 0 Å². The summed E-state index contributed by atoms with van der Waals surface area (Å²) in [6.07, 6.45) is 3.92. The maximum Gasteiger partial charge on any atom is 0.220 e. The van der Waals surface area contributed by atoms with Crippen LogP contribution in [0.3, 0.4) is 0 Å². The minimum atomic E-state index is 0.0743. The van der Waals surface area contributed by atoms with Crippen LogP contribution in [0.5, 0.6) is 5.75 Å². The largest absolute Gasteiger partial charge is 0.494 e. The highest BCUT2D eigenvalue weighted by Gasteiger charge is 2.31. The number of imidazole rings is 1. The van der Waals surface area contributed by atoms with Crippen LogP contribution in [-0.4, -0.2) is 33.5 Å². The van der Waals surface area contributed by atoms with Gasteiger partial charge in [0.15, 0.2) is 0 Å². The molecule has 0 spiro atoms. The number of aromatic nitrogens is 2. The second kappa shape index (κ2) is 8.87. The number of hydrogen-bond donors (Lipinski definition) is 0. The zero-order chi connectivity index (χ0) is 20.2. The molecule has 0 aliphatic carbocycles. The molecule has 1 aliphatic rings. The monoisotopic (exact) mass is 411 g/mol. The van der Waals surface area contributed by atoms with Crippen molar-refractivity contribution < 1.29 is 9.53 Å². The van der Waals surface area contributed by atoms with E-state index in [1.54, 1.807) is 6.92 Å². The molecular weight excluding hydrogens is 386 g/mol. The van der Waals surface area contributed by atoms with E-state index in [0.717, 1.165) is 61.4 Å². The van der Waals surface area contributed by atoms with Gasteiger partial charge in [0.25, 0.3) is 0 Å². The Morgan fingerprint density at radius 3 is 2.76 bits per heavy atom. The molecule has 0 N–H and O–H groups in total. The van der Waals surface area contributed by atoms with E-state index in [1.165, 1.54) is 0 Å². The molecule has 2 heterocycles. The summed E-state index contributed by atoms with van der Waals surface area (Å²) in [5.74, 6) is 1.98. The molecule has 1 aliphatic heterocycles. The fourth-order valence-electron chi connectivity index (χ4n) is 4.09. The van der Waals surface area contributed by atoms with Gasteiger partial charge < -0.3 is 14.2 Å². The maximum atomic E-state index is 12.1. The standard InChI is InChI=1S/C23H26ClN3O2/c1-17(28)26-15-6-9-22(26)23-25-20-7-2-3-8-21(20)27(23)14-4-5-16-29-19-12-10-18(24)11-13-19/h2-3,7-8,10-13,22H,4-6,9,14-16H2,1H3/t22-/m1/s1. The smallest absolute Gasteiger partial charge is 0.220 e. The Balaban J connectivity index is 1.44. The van der Waals surface area contributed by atoms with E-state index < -0.39 is 0 Å². The zero-order valence-corrected chi connectivity index (χ0v) is 17.4. The van der Waals surface area contributed by atoms with Crippen molar-refractivity contribution in [2.45, 2.75) is 45.2 Å². The van der Waals surface area contributed by atoms with Crippen LogP contribution in [0.2, 0.25) is 5.02 Å². The number of ether oxygens (including phenoxy) is 1. The Labute approximate surface area is 176 Å². The molecule has 29 heavy (non-hydrogen) atoms. The van der Waals surface area contributed by atoms with Crippen molar-refractivity contribution >= 4 is 28.5 Å². The summed E-state index contributed by atoms with van der Waals surface area (Å²) >= 11 is 5.91. The lowest BCUT2D eigenvalue weighted by Gasteiger charge is -2.24. The van der Waals surface area contributed by atoms with Gasteiger partial charge in [-0.25, -0.2) is 4.98 Å². The predicted octanol–water partition coefficient (Wildman–Crippen LogP) is 5.23. The molecule has 1 saturated heterocycles. The number of carbonyl (C=O) groups excluding carboxylic acids is 1. The number of rotatable bonds is 7. The predicted molar refractivity (Wildman–Crippen MR) is 115 cm³/mol. The van der Waals surface area contributed by atoms with Gasteiger partial charge in [-0.05, 0) is 62.1 Å². The van der Waals surface area contributed by atoms with Gasteiger partial charge in [0, 0.05) is 25.0 Å². The van der Waals surface area contributed by atoms with E-state index in [9.17, 15) is 4.79 Å². The first-order chi connectivity index (χ1) is 14.1. The number of aryl methyl sites for hydroxylation is 1. The molecule has 5 nitrogen and oxygen atoms in total. The Hall–Kier alpha value is -2.53. The quantitative estimate of drug-likeness (QED) is 0.500. The van der Waals surface area contributed by atoms with Crippen LogP contribution in [-0.2, 0) is 11.3 Å². The van der Waals surface area contributed by atoms with E-state index in [-0.39, 0.29) is 11.9 Å². The number of para-hydroxylation sites is 2. The molecule has 152 valence electrons. The summed E-state index contributed by atoms with van der Waals surface area (Å²) in [6, 6.07) is 15.7. The summed E-state index contributed by atoms with van der Waals surface area (Å²) < 4.78 is 8.11. The van der Waals surface area contributed by atoms with E-state index in [2.05, 4.69) is 10.6 Å². The molecule has 4 rings (SSSR count). The van der Waals surface area contributed by atoms with Gasteiger partial charge in [-0.3, -0.25) is 4.79 Å². The van der Waals surface area contributed by atoms with Crippen LogP contribution in [0.1, 0.15) is 44.5 Å².